The number of ether oxygens (including phenoxy) is 2. The highest BCUT2D eigenvalue weighted by atomic mass is 16.6. The topological polar surface area (TPSA) is 89.9 Å². The monoisotopic (exact) mass is 300 g/mol. The predicted octanol–water partition coefficient (Wildman–Crippen LogP) is 1.17. The molecule has 1 fully saturated rings. The van der Waals surface area contributed by atoms with Crippen molar-refractivity contribution < 1.29 is 29.0 Å². The highest BCUT2D eigenvalue weighted by Crippen LogP contribution is 2.42. The molecule has 112 valence electrons. The maximum Gasteiger partial charge on any atom is 0.309 e. The van der Waals surface area contributed by atoms with E-state index in [1.165, 1.54) is 18.2 Å². The number of carbonyl (C=O) groups is 3. The van der Waals surface area contributed by atoms with Crippen molar-refractivity contribution in [3.63, 3.8) is 0 Å². The van der Waals surface area contributed by atoms with E-state index in [2.05, 4.69) is 0 Å². The molecule has 0 amide bonds. The van der Waals surface area contributed by atoms with Gasteiger partial charge in [0.2, 0.25) is 0 Å². The molecular formula is C16H12O6. The molecule has 0 saturated carbocycles. The maximum absolute atomic E-state index is 12.8. The van der Waals surface area contributed by atoms with Crippen molar-refractivity contribution in [2.75, 3.05) is 0 Å². The van der Waals surface area contributed by atoms with E-state index in [0.717, 1.165) is 0 Å². The van der Waals surface area contributed by atoms with E-state index >= 15 is 0 Å². The predicted molar refractivity (Wildman–Crippen MR) is 72.6 cm³/mol. The molecule has 3 aliphatic rings. The fourth-order valence-electron chi connectivity index (χ4n) is 3.41. The van der Waals surface area contributed by atoms with Crippen LogP contribution in [0.4, 0.5) is 0 Å². The van der Waals surface area contributed by atoms with Crippen molar-refractivity contribution in [3.05, 3.63) is 40.5 Å². The van der Waals surface area contributed by atoms with Crippen LogP contribution in [0.1, 0.15) is 34.1 Å². The first-order valence-electron chi connectivity index (χ1n) is 6.99. The van der Waals surface area contributed by atoms with Crippen LogP contribution < -0.4 is 0 Å². The highest BCUT2D eigenvalue weighted by molar-refractivity contribution is 6.28. The third-order valence-corrected chi connectivity index (χ3v) is 4.33. The van der Waals surface area contributed by atoms with Crippen molar-refractivity contribution in [2.24, 2.45) is 0 Å². The van der Waals surface area contributed by atoms with Gasteiger partial charge in [0.05, 0.1) is 23.7 Å². The van der Waals surface area contributed by atoms with Crippen molar-refractivity contribution in [3.8, 4) is 5.75 Å². The average molecular weight is 300 g/mol. The summed E-state index contributed by atoms with van der Waals surface area (Å²) >= 11 is 0. The van der Waals surface area contributed by atoms with Crippen LogP contribution in [0.3, 0.4) is 0 Å². The molecule has 6 nitrogen and oxygen atoms in total. The number of carbonyl (C=O) groups excluding carboxylic acids is 3. The van der Waals surface area contributed by atoms with Crippen LogP contribution in [-0.2, 0) is 14.3 Å². The van der Waals surface area contributed by atoms with E-state index in [1.54, 1.807) is 6.92 Å². The summed E-state index contributed by atoms with van der Waals surface area (Å²) in [5.41, 5.74) is 0.497. The van der Waals surface area contributed by atoms with Gasteiger partial charge in [-0.1, -0.05) is 12.1 Å². The molecule has 1 aromatic carbocycles. The second kappa shape index (κ2) is 4.27. The molecule has 4 rings (SSSR count). The van der Waals surface area contributed by atoms with Crippen molar-refractivity contribution in [2.45, 2.75) is 31.7 Å². The number of phenolic OH excluding ortho intramolecular Hbond substituents is 1. The Morgan fingerprint density at radius 2 is 1.91 bits per heavy atom. The number of fused-ring (bicyclic) bond motifs is 3. The zero-order valence-corrected chi connectivity index (χ0v) is 11.7. The number of hydrogen-bond donors (Lipinski definition) is 1. The van der Waals surface area contributed by atoms with E-state index in [9.17, 15) is 19.5 Å². The molecular weight excluding hydrogens is 288 g/mol. The largest absolute Gasteiger partial charge is 0.507 e. The van der Waals surface area contributed by atoms with E-state index < -0.39 is 30.1 Å². The zero-order chi connectivity index (χ0) is 15.6. The number of hydrogen-bond acceptors (Lipinski definition) is 6. The van der Waals surface area contributed by atoms with Crippen molar-refractivity contribution in [1.29, 1.82) is 0 Å². The third-order valence-electron chi connectivity index (χ3n) is 4.33. The number of Topliss-reactive ketones (excluding diaryl/α,β-unsaturated/α-hetero) is 2. The number of phenols is 1. The standard InChI is InChI=1S/C16H12O6/c1-6-11-13(16-9(21-6)5-10(18)22-16)14(19)7-3-2-4-8(17)12(7)15(11)20/h2-4,6,9,16-17H,5H2,1H3/t6-,9?,16?/m1/s1. The smallest absolute Gasteiger partial charge is 0.309 e. The lowest BCUT2D eigenvalue weighted by molar-refractivity contribution is -0.140. The molecule has 2 unspecified atom stereocenters. The van der Waals surface area contributed by atoms with Crippen LogP contribution in [0.5, 0.6) is 5.75 Å². The molecule has 1 N–H and O–H groups in total. The minimum Gasteiger partial charge on any atom is -0.507 e. The fraction of sp³-hybridized carbons (Fsp3) is 0.312. The second-order valence-corrected chi connectivity index (χ2v) is 5.62. The van der Waals surface area contributed by atoms with Gasteiger partial charge >= 0.3 is 5.97 Å². The summed E-state index contributed by atoms with van der Waals surface area (Å²) in [5, 5.41) is 9.93. The Hall–Kier alpha value is -2.47. The summed E-state index contributed by atoms with van der Waals surface area (Å²) < 4.78 is 10.9. The third kappa shape index (κ3) is 1.55. The Labute approximate surface area is 125 Å². The SMILES string of the molecule is C[C@H]1OC2CC(=O)OC2C2=C1C(=O)c1c(O)cccc1C2=O. The van der Waals surface area contributed by atoms with Crippen LogP contribution in [-0.4, -0.2) is 41.0 Å². The van der Waals surface area contributed by atoms with E-state index in [4.69, 9.17) is 9.47 Å². The van der Waals surface area contributed by atoms with E-state index in [1.807, 2.05) is 0 Å². The van der Waals surface area contributed by atoms with Crippen LogP contribution >= 0.6 is 0 Å². The van der Waals surface area contributed by atoms with Crippen molar-refractivity contribution >= 4 is 17.5 Å². The highest BCUT2D eigenvalue weighted by Gasteiger charge is 2.51. The molecule has 22 heavy (non-hydrogen) atoms. The lowest BCUT2D eigenvalue weighted by Crippen LogP contribution is -2.44. The number of aromatic hydroxyl groups is 1. The molecule has 0 radical (unpaired) electrons. The summed E-state index contributed by atoms with van der Waals surface area (Å²) in [4.78, 5) is 37.0. The minimum absolute atomic E-state index is 0.00975. The van der Waals surface area contributed by atoms with Gasteiger partial charge in [0.15, 0.2) is 17.7 Å². The zero-order valence-electron chi connectivity index (χ0n) is 11.7. The average Bonchev–Trinajstić information content (AvgIpc) is 2.83. The molecule has 1 aromatic rings. The van der Waals surface area contributed by atoms with Gasteiger partial charge in [-0.15, -0.1) is 0 Å². The number of rotatable bonds is 0. The molecule has 0 bridgehead atoms. The van der Waals surface area contributed by atoms with Crippen molar-refractivity contribution in [1.82, 2.24) is 0 Å². The lowest BCUT2D eigenvalue weighted by Gasteiger charge is -2.35. The summed E-state index contributed by atoms with van der Waals surface area (Å²) in [6.07, 6.45) is -1.95. The van der Waals surface area contributed by atoms with Crippen LogP contribution in [0.25, 0.3) is 0 Å². The first-order chi connectivity index (χ1) is 10.5. The first kappa shape index (κ1) is 13.2. The van der Waals surface area contributed by atoms with Crippen LogP contribution in [0.2, 0.25) is 0 Å². The quantitative estimate of drug-likeness (QED) is 0.723. The molecule has 1 aliphatic carbocycles. The Balaban J connectivity index is 1.95. The Morgan fingerprint density at radius 3 is 2.68 bits per heavy atom. The van der Waals surface area contributed by atoms with E-state index in [-0.39, 0.29) is 40.2 Å². The minimum atomic E-state index is -0.842. The van der Waals surface area contributed by atoms with Crippen LogP contribution in [0.15, 0.2) is 29.3 Å². The Kier molecular flexibility index (Phi) is 2.56. The molecule has 0 aromatic heterocycles. The van der Waals surface area contributed by atoms with Gasteiger partial charge in [-0.05, 0) is 13.0 Å². The summed E-state index contributed by atoms with van der Waals surface area (Å²) in [5.74, 6) is -1.52. The molecule has 2 heterocycles. The number of benzene rings is 1. The van der Waals surface area contributed by atoms with Gasteiger partial charge in [-0.25, -0.2) is 0 Å². The van der Waals surface area contributed by atoms with Gasteiger partial charge < -0.3 is 14.6 Å². The fourth-order valence-corrected chi connectivity index (χ4v) is 3.41. The van der Waals surface area contributed by atoms with Gasteiger partial charge in [0, 0.05) is 11.1 Å². The summed E-state index contributed by atoms with van der Waals surface area (Å²) in [6, 6.07) is 4.36. The Bertz CT molecular complexity index is 775. The molecule has 3 atom stereocenters. The first-order valence-corrected chi connectivity index (χ1v) is 6.99. The molecule has 0 spiro atoms. The number of ketones is 2. The van der Waals surface area contributed by atoms with Crippen LogP contribution in [0, 0.1) is 0 Å². The van der Waals surface area contributed by atoms with Gasteiger partial charge in [0.25, 0.3) is 0 Å². The summed E-state index contributed by atoms with van der Waals surface area (Å²) in [7, 11) is 0. The van der Waals surface area contributed by atoms with Gasteiger partial charge in [-0.3, -0.25) is 14.4 Å². The number of esters is 1. The second-order valence-electron chi connectivity index (χ2n) is 5.62. The Morgan fingerprint density at radius 1 is 1.14 bits per heavy atom. The lowest BCUT2D eigenvalue weighted by atomic mass is 9.77. The van der Waals surface area contributed by atoms with Gasteiger partial charge in [-0.2, -0.15) is 0 Å². The normalized spacial score (nSPS) is 29.9. The van der Waals surface area contributed by atoms with Gasteiger partial charge in [0.1, 0.15) is 11.9 Å². The maximum atomic E-state index is 12.8. The van der Waals surface area contributed by atoms with E-state index in [0.29, 0.717) is 0 Å². The molecule has 2 aliphatic heterocycles. The molecule has 1 saturated heterocycles. The summed E-state index contributed by atoms with van der Waals surface area (Å²) in [6.45, 7) is 1.66. The molecule has 6 heteroatoms.